The van der Waals surface area contributed by atoms with Gasteiger partial charge < -0.3 is 43.8 Å². The summed E-state index contributed by atoms with van der Waals surface area (Å²) < 4.78 is 33.1. The van der Waals surface area contributed by atoms with Gasteiger partial charge >= 0.3 is 6.09 Å². The number of benzene rings is 3. The molecule has 1 heterocycles. The number of aliphatic hydroxyl groups excluding tert-OH is 3. The van der Waals surface area contributed by atoms with Crippen LogP contribution in [0.3, 0.4) is 0 Å². The Balaban J connectivity index is 1.39. The SMILES string of the molecule is C=CCO[C@@]12Oc3ccc(Oc4ccc(-c5ccccc5)cc4)cc3[C@H]3[C@H](CCCCO)[C@@H](CCCCO)C=C(C(=NOC)C[C@@H]1N(CCOCCO)C(=O)OCCCCCCCCCCCC)[C@H]32. The minimum Gasteiger partial charge on any atom is -0.459 e. The summed E-state index contributed by atoms with van der Waals surface area (Å²) in [6.45, 7) is 7.17. The molecule has 1 amide bonds. The molecule has 3 aromatic carbocycles. The molecule has 3 aliphatic rings. The van der Waals surface area contributed by atoms with Gasteiger partial charge in [0.25, 0.3) is 0 Å². The zero-order valence-corrected chi connectivity index (χ0v) is 41.4. The van der Waals surface area contributed by atoms with Crippen LogP contribution in [0, 0.1) is 17.8 Å². The van der Waals surface area contributed by atoms with Crippen molar-refractivity contribution in [1.82, 2.24) is 4.90 Å². The van der Waals surface area contributed by atoms with Crippen LogP contribution in [0.2, 0.25) is 0 Å². The maximum Gasteiger partial charge on any atom is 0.410 e. The quantitative estimate of drug-likeness (QED) is 0.0314. The fourth-order valence-corrected chi connectivity index (χ4v) is 10.8. The van der Waals surface area contributed by atoms with Gasteiger partial charge in [-0.15, -0.1) is 6.58 Å². The van der Waals surface area contributed by atoms with Gasteiger partial charge in [-0.2, -0.15) is 0 Å². The molecule has 0 radical (unpaired) electrons. The van der Waals surface area contributed by atoms with E-state index < -0.39 is 23.8 Å². The highest BCUT2D eigenvalue weighted by molar-refractivity contribution is 6.03. The van der Waals surface area contributed by atoms with Gasteiger partial charge in [0.05, 0.1) is 44.7 Å². The fourth-order valence-electron chi connectivity index (χ4n) is 10.8. The van der Waals surface area contributed by atoms with Gasteiger partial charge in [0.15, 0.2) is 0 Å². The summed E-state index contributed by atoms with van der Waals surface area (Å²) in [5.41, 5.74) is 4.81. The zero-order valence-electron chi connectivity index (χ0n) is 41.4. The van der Waals surface area contributed by atoms with Crippen LogP contribution in [0.4, 0.5) is 4.79 Å². The Morgan fingerprint density at radius 1 is 0.797 bits per heavy atom. The highest BCUT2D eigenvalue weighted by Crippen LogP contribution is 2.62. The number of oxime groups is 1. The lowest BCUT2D eigenvalue weighted by Gasteiger charge is -2.59. The molecule has 1 aliphatic heterocycles. The molecular formula is C57H80N2O10. The summed E-state index contributed by atoms with van der Waals surface area (Å²) in [7, 11) is 1.54. The average Bonchev–Trinajstić information content (AvgIpc) is 3.37. The fraction of sp³-hybridized carbons (Fsp3) is 0.579. The Morgan fingerprint density at radius 3 is 2.16 bits per heavy atom. The number of allylic oxidation sites excluding steroid dienone is 1. The van der Waals surface area contributed by atoms with E-state index in [0.717, 1.165) is 67.2 Å². The van der Waals surface area contributed by atoms with E-state index in [1.165, 1.54) is 44.9 Å². The number of unbranched alkanes of at least 4 members (excludes halogenated alkanes) is 11. The predicted octanol–water partition coefficient (Wildman–Crippen LogP) is 11.8. The Morgan fingerprint density at radius 2 is 1.48 bits per heavy atom. The van der Waals surface area contributed by atoms with Crippen LogP contribution < -0.4 is 9.47 Å². The van der Waals surface area contributed by atoms with Gasteiger partial charge in [0.2, 0.25) is 5.79 Å². The van der Waals surface area contributed by atoms with Gasteiger partial charge in [-0.25, -0.2) is 4.79 Å². The van der Waals surface area contributed by atoms with Crippen LogP contribution in [0.25, 0.3) is 11.1 Å². The predicted molar refractivity (Wildman–Crippen MR) is 272 cm³/mol. The van der Waals surface area contributed by atoms with Crippen molar-refractivity contribution in [2.75, 3.05) is 59.9 Å². The molecule has 2 aliphatic carbocycles. The second-order valence-corrected chi connectivity index (χ2v) is 18.8. The van der Waals surface area contributed by atoms with Gasteiger partial charge in [0, 0.05) is 37.7 Å². The molecule has 1 saturated carbocycles. The lowest BCUT2D eigenvalue weighted by molar-refractivity contribution is -0.256. The Bertz CT molecular complexity index is 2040. The van der Waals surface area contributed by atoms with Crippen molar-refractivity contribution >= 4 is 11.8 Å². The molecule has 6 rings (SSSR count). The van der Waals surface area contributed by atoms with E-state index in [0.29, 0.717) is 35.8 Å². The summed E-state index contributed by atoms with van der Waals surface area (Å²) in [6.07, 6.45) is 20.0. The van der Waals surface area contributed by atoms with Crippen LogP contribution in [0.5, 0.6) is 17.2 Å². The summed E-state index contributed by atoms with van der Waals surface area (Å²) >= 11 is 0. The molecule has 69 heavy (non-hydrogen) atoms. The molecule has 1 fully saturated rings. The maximum absolute atomic E-state index is 14.7. The smallest absolute Gasteiger partial charge is 0.410 e. The third-order valence-corrected chi connectivity index (χ3v) is 14.1. The number of amides is 1. The van der Waals surface area contributed by atoms with Gasteiger partial charge in [-0.05, 0) is 91.0 Å². The molecule has 0 unspecified atom stereocenters. The first-order valence-electron chi connectivity index (χ1n) is 26.0. The molecule has 0 spiro atoms. The normalized spacial score (nSPS) is 22.0. The first kappa shape index (κ1) is 53.6. The molecule has 6 atom stereocenters. The molecule has 378 valence electrons. The molecule has 3 aromatic rings. The number of aliphatic hydroxyl groups is 3. The van der Waals surface area contributed by atoms with E-state index in [4.69, 9.17) is 33.7 Å². The summed E-state index contributed by atoms with van der Waals surface area (Å²) in [5, 5.41) is 34.3. The largest absolute Gasteiger partial charge is 0.459 e. The number of ether oxygens (including phenoxy) is 5. The number of rotatable bonds is 32. The van der Waals surface area contributed by atoms with E-state index in [-0.39, 0.29) is 77.0 Å². The van der Waals surface area contributed by atoms with Gasteiger partial charge in [0.1, 0.15) is 30.4 Å². The van der Waals surface area contributed by atoms with Crippen molar-refractivity contribution in [2.45, 2.75) is 134 Å². The van der Waals surface area contributed by atoms with Crippen molar-refractivity contribution in [3.05, 3.63) is 103 Å². The van der Waals surface area contributed by atoms with E-state index in [9.17, 15) is 20.1 Å². The number of nitrogens with zero attached hydrogens (tertiary/aromatic N) is 2. The van der Waals surface area contributed by atoms with E-state index in [1.807, 2.05) is 42.5 Å². The monoisotopic (exact) mass is 953 g/mol. The minimum absolute atomic E-state index is 0.0472. The summed E-state index contributed by atoms with van der Waals surface area (Å²) in [4.78, 5) is 22.0. The molecule has 0 saturated heterocycles. The molecule has 0 bridgehead atoms. The number of fused-ring (bicyclic) bond motifs is 2. The first-order chi connectivity index (χ1) is 33.9. The zero-order chi connectivity index (χ0) is 48.7. The highest BCUT2D eigenvalue weighted by atomic mass is 16.7. The van der Waals surface area contributed by atoms with Crippen LogP contribution >= 0.6 is 0 Å². The van der Waals surface area contributed by atoms with Crippen LogP contribution in [0.15, 0.2) is 102 Å². The van der Waals surface area contributed by atoms with E-state index in [1.54, 1.807) is 18.1 Å². The standard InChI is InChI=1S/C57H80N2O10/c1-4-6-7-8-9-10-11-12-13-21-37-66-56(63)59(32-38-65-39-35-62)53-42-51(58-64-3)49-40-45(24-17-19-33-60)48(25-18-20-34-61)54-50-41-47(30-31-52(50)69-57(53,55(49)54)67-36-5-2)68-46-28-26-44(27-29-46)43-22-15-14-16-23-43/h5,14-16,22-23,26-31,40-41,45,48,53-55,60-62H,2,4,6-13,17-21,24-25,32-39,42H2,1,3H3/t45-,48+,53-,54+,55+,57+/m0/s1. The summed E-state index contributed by atoms with van der Waals surface area (Å²) in [6, 6.07) is 23.5. The lowest BCUT2D eigenvalue weighted by atomic mass is 9.55. The minimum atomic E-state index is -1.45. The van der Waals surface area contributed by atoms with E-state index in [2.05, 4.69) is 49.9 Å². The topological polar surface area (TPSA) is 149 Å². The lowest BCUT2D eigenvalue weighted by Crippen LogP contribution is -2.70. The van der Waals surface area contributed by atoms with Crippen LogP contribution in [0.1, 0.15) is 128 Å². The Labute approximate surface area is 411 Å². The molecule has 12 nitrogen and oxygen atoms in total. The first-order valence-corrected chi connectivity index (χ1v) is 26.0. The third kappa shape index (κ3) is 14.4. The van der Waals surface area contributed by atoms with Gasteiger partial charge in [-0.1, -0.05) is 137 Å². The van der Waals surface area contributed by atoms with Crippen molar-refractivity contribution in [3.8, 4) is 28.4 Å². The van der Waals surface area contributed by atoms with Crippen LogP contribution in [-0.2, 0) is 19.0 Å². The number of hydrogen-bond acceptors (Lipinski definition) is 11. The molecule has 12 heteroatoms. The number of hydrogen-bond donors (Lipinski definition) is 3. The van der Waals surface area contributed by atoms with Crippen molar-refractivity contribution in [2.24, 2.45) is 22.9 Å². The molecular weight excluding hydrogens is 873 g/mol. The average molecular weight is 953 g/mol. The molecule has 3 N–H and O–H groups in total. The number of carbonyl (C=O) groups is 1. The highest BCUT2D eigenvalue weighted by Gasteiger charge is 2.65. The second kappa shape index (κ2) is 28.8. The maximum atomic E-state index is 14.7. The van der Waals surface area contributed by atoms with Gasteiger partial charge in [-0.3, -0.25) is 4.90 Å². The Kier molecular flexibility index (Phi) is 22.4. The van der Waals surface area contributed by atoms with Crippen molar-refractivity contribution in [1.29, 1.82) is 0 Å². The molecule has 0 aromatic heterocycles. The number of carbonyl (C=O) groups excluding carboxylic acids is 1. The van der Waals surface area contributed by atoms with Crippen molar-refractivity contribution < 1.29 is 48.6 Å². The Hall–Kier alpha value is -4.72. The van der Waals surface area contributed by atoms with Crippen molar-refractivity contribution in [3.63, 3.8) is 0 Å². The third-order valence-electron chi connectivity index (χ3n) is 14.1. The second-order valence-electron chi connectivity index (χ2n) is 18.8. The summed E-state index contributed by atoms with van der Waals surface area (Å²) in [5.74, 6) is -0.0447. The van der Waals surface area contributed by atoms with E-state index >= 15 is 0 Å². The van der Waals surface area contributed by atoms with Crippen LogP contribution in [-0.4, -0.2) is 104 Å².